The summed E-state index contributed by atoms with van der Waals surface area (Å²) in [5, 5.41) is 0.642. The van der Waals surface area contributed by atoms with Crippen molar-refractivity contribution in [2.75, 3.05) is 6.61 Å². The zero-order valence-electron chi connectivity index (χ0n) is 15.4. The van der Waals surface area contributed by atoms with Crippen LogP contribution in [-0.2, 0) is 11.3 Å². The maximum absolute atomic E-state index is 13.1. The van der Waals surface area contributed by atoms with E-state index in [1.165, 1.54) is 0 Å². The summed E-state index contributed by atoms with van der Waals surface area (Å²) < 4.78 is 41.1. The average molecular weight is 412 g/mol. The Balaban J connectivity index is 1.69. The van der Waals surface area contributed by atoms with Gasteiger partial charge in [0, 0.05) is 16.6 Å². The molecule has 0 bridgehead atoms. The van der Waals surface area contributed by atoms with Crippen LogP contribution in [0.3, 0.4) is 0 Å². The molecule has 0 radical (unpaired) electrons. The quantitative estimate of drug-likeness (QED) is 0.577. The smallest absolute Gasteiger partial charge is 0.367 e. The Morgan fingerprint density at radius 3 is 2.29 bits per heavy atom. The lowest BCUT2D eigenvalue weighted by molar-refractivity contribution is -0.176. The summed E-state index contributed by atoms with van der Waals surface area (Å²) in [6, 6.07) is 14.1. The summed E-state index contributed by atoms with van der Waals surface area (Å²) in [4.78, 5) is 15.0. The Morgan fingerprint density at radius 1 is 1.14 bits per heavy atom. The number of benzene rings is 2. The monoisotopic (exact) mass is 411 g/mol. The molecule has 0 aliphatic heterocycles. The molecule has 0 spiro atoms. The molecule has 1 amide bonds. The highest BCUT2D eigenvalue weighted by atomic mass is 35.5. The fourth-order valence-electron chi connectivity index (χ4n) is 3.09. The number of amides is 1. The van der Waals surface area contributed by atoms with Crippen molar-refractivity contribution in [2.45, 2.75) is 44.6 Å². The molecule has 2 aromatic rings. The summed E-state index contributed by atoms with van der Waals surface area (Å²) in [5.41, 5.74) is 2.10. The van der Waals surface area contributed by atoms with E-state index >= 15 is 0 Å². The van der Waals surface area contributed by atoms with Crippen molar-refractivity contribution in [2.24, 2.45) is 0 Å². The number of halogens is 4. The molecule has 7 heteroatoms. The van der Waals surface area contributed by atoms with Crippen LogP contribution in [0.1, 0.15) is 47.3 Å². The van der Waals surface area contributed by atoms with E-state index in [1.807, 2.05) is 24.0 Å². The fourth-order valence-corrected chi connectivity index (χ4v) is 3.22. The molecule has 2 aromatic carbocycles. The number of rotatable bonds is 7. The number of hydrogen-bond donors (Lipinski definition) is 0. The lowest BCUT2D eigenvalue weighted by Gasteiger charge is -2.30. The van der Waals surface area contributed by atoms with Gasteiger partial charge in [-0.1, -0.05) is 35.9 Å². The molecule has 1 atom stereocenters. The standard InChI is InChI=1S/C21H21ClF3NO2/c1-14(16-6-8-18(22)9-7-16)26(19-10-11-19)20(27)17-4-2-15(3-5-17)12-28-13-21(23,24)25/h2-9,14,19H,10-13H2,1H3. The first-order valence-electron chi connectivity index (χ1n) is 9.06. The van der Waals surface area contributed by atoms with Gasteiger partial charge in [-0.05, 0) is 55.2 Å². The van der Waals surface area contributed by atoms with Gasteiger partial charge in [-0.15, -0.1) is 0 Å². The van der Waals surface area contributed by atoms with E-state index in [-0.39, 0.29) is 24.6 Å². The molecular formula is C21H21ClF3NO2. The molecule has 150 valence electrons. The van der Waals surface area contributed by atoms with Gasteiger partial charge in [-0.3, -0.25) is 4.79 Å². The summed E-state index contributed by atoms with van der Waals surface area (Å²) >= 11 is 5.95. The first-order valence-corrected chi connectivity index (χ1v) is 9.44. The van der Waals surface area contributed by atoms with E-state index in [4.69, 9.17) is 11.6 Å². The molecule has 0 aromatic heterocycles. The normalized spacial score (nSPS) is 15.3. The largest absolute Gasteiger partial charge is 0.411 e. The first-order chi connectivity index (χ1) is 13.2. The van der Waals surface area contributed by atoms with E-state index in [9.17, 15) is 18.0 Å². The minimum absolute atomic E-state index is 0.0901. The molecule has 28 heavy (non-hydrogen) atoms. The predicted molar refractivity (Wildman–Crippen MR) is 101 cm³/mol. The molecule has 1 aliphatic rings. The molecule has 3 nitrogen and oxygen atoms in total. The number of alkyl halides is 3. The second-order valence-corrected chi connectivity index (χ2v) is 7.41. The third-order valence-corrected chi connectivity index (χ3v) is 4.93. The molecule has 1 saturated carbocycles. The highest BCUT2D eigenvalue weighted by molar-refractivity contribution is 6.30. The Hall–Kier alpha value is -2.05. The summed E-state index contributed by atoms with van der Waals surface area (Å²) in [5.74, 6) is -0.0901. The van der Waals surface area contributed by atoms with Crippen molar-refractivity contribution in [3.05, 3.63) is 70.2 Å². The molecule has 1 fully saturated rings. The Bertz CT molecular complexity index is 802. The predicted octanol–water partition coefficient (Wildman–Crippen LogP) is 5.78. The van der Waals surface area contributed by atoms with Gasteiger partial charge >= 0.3 is 6.18 Å². The second kappa shape index (κ2) is 8.53. The number of ether oxygens (including phenoxy) is 1. The van der Waals surface area contributed by atoms with Gasteiger partial charge in [0.05, 0.1) is 12.6 Å². The Labute approximate surface area is 167 Å². The van der Waals surface area contributed by atoms with Crippen LogP contribution in [0.25, 0.3) is 0 Å². The summed E-state index contributed by atoms with van der Waals surface area (Å²) in [7, 11) is 0. The van der Waals surface area contributed by atoms with E-state index in [2.05, 4.69) is 4.74 Å². The molecule has 0 saturated heterocycles. The van der Waals surface area contributed by atoms with Gasteiger partial charge in [0.2, 0.25) is 0 Å². The minimum Gasteiger partial charge on any atom is -0.367 e. The van der Waals surface area contributed by atoms with Gasteiger partial charge in [0.25, 0.3) is 5.91 Å². The lowest BCUT2D eigenvalue weighted by atomic mass is 10.0. The summed E-state index contributed by atoms with van der Waals surface area (Å²) in [6.45, 7) is 0.544. The van der Waals surface area contributed by atoms with Crippen LogP contribution in [-0.4, -0.2) is 29.6 Å². The van der Waals surface area contributed by atoms with Crippen LogP contribution in [0.4, 0.5) is 13.2 Å². The van der Waals surface area contributed by atoms with Crippen LogP contribution in [0, 0.1) is 0 Å². The van der Waals surface area contributed by atoms with Crippen molar-refractivity contribution in [3.63, 3.8) is 0 Å². The maximum Gasteiger partial charge on any atom is 0.411 e. The van der Waals surface area contributed by atoms with Crippen molar-refractivity contribution in [1.82, 2.24) is 4.90 Å². The maximum atomic E-state index is 13.1. The number of hydrogen-bond acceptors (Lipinski definition) is 2. The topological polar surface area (TPSA) is 29.5 Å². The van der Waals surface area contributed by atoms with Crippen molar-refractivity contribution < 1.29 is 22.7 Å². The van der Waals surface area contributed by atoms with Gasteiger partial charge in [-0.25, -0.2) is 0 Å². The molecule has 1 aliphatic carbocycles. The van der Waals surface area contributed by atoms with Crippen molar-refractivity contribution in [3.8, 4) is 0 Å². The van der Waals surface area contributed by atoms with Gasteiger partial charge < -0.3 is 9.64 Å². The highest BCUT2D eigenvalue weighted by Crippen LogP contribution is 2.36. The highest BCUT2D eigenvalue weighted by Gasteiger charge is 2.36. The lowest BCUT2D eigenvalue weighted by Crippen LogP contribution is -2.35. The molecule has 0 heterocycles. The second-order valence-electron chi connectivity index (χ2n) is 6.98. The van der Waals surface area contributed by atoms with Crippen LogP contribution in [0.15, 0.2) is 48.5 Å². The van der Waals surface area contributed by atoms with E-state index in [0.29, 0.717) is 16.1 Å². The SMILES string of the molecule is CC(c1ccc(Cl)cc1)N(C(=O)c1ccc(COCC(F)(F)F)cc1)C1CC1. The minimum atomic E-state index is -4.35. The van der Waals surface area contributed by atoms with Crippen LogP contribution >= 0.6 is 11.6 Å². The van der Waals surface area contributed by atoms with Gasteiger partial charge in [0.15, 0.2) is 0 Å². The number of carbonyl (C=O) groups is 1. The summed E-state index contributed by atoms with van der Waals surface area (Å²) in [6.07, 6.45) is -2.42. The molecular weight excluding hydrogens is 391 g/mol. The van der Waals surface area contributed by atoms with Crippen molar-refractivity contribution in [1.29, 1.82) is 0 Å². The van der Waals surface area contributed by atoms with Crippen LogP contribution < -0.4 is 0 Å². The zero-order valence-corrected chi connectivity index (χ0v) is 16.1. The Kier molecular flexibility index (Phi) is 6.30. The van der Waals surface area contributed by atoms with Crippen molar-refractivity contribution >= 4 is 17.5 Å². The number of carbonyl (C=O) groups excluding carboxylic acids is 1. The number of nitrogens with zero attached hydrogens (tertiary/aromatic N) is 1. The first kappa shape index (κ1) is 20.7. The Morgan fingerprint density at radius 2 is 1.75 bits per heavy atom. The van der Waals surface area contributed by atoms with E-state index in [1.54, 1.807) is 36.4 Å². The van der Waals surface area contributed by atoms with Gasteiger partial charge in [-0.2, -0.15) is 13.2 Å². The third-order valence-electron chi connectivity index (χ3n) is 4.68. The van der Waals surface area contributed by atoms with Gasteiger partial charge in [0.1, 0.15) is 6.61 Å². The van der Waals surface area contributed by atoms with Crippen LogP contribution in [0.2, 0.25) is 5.02 Å². The zero-order chi connectivity index (χ0) is 20.3. The van der Waals surface area contributed by atoms with E-state index in [0.717, 1.165) is 18.4 Å². The molecule has 3 rings (SSSR count). The molecule has 0 N–H and O–H groups in total. The fraction of sp³-hybridized carbons (Fsp3) is 0.381. The van der Waals surface area contributed by atoms with Crippen LogP contribution in [0.5, 0.6) is 0 Å². The average Bonchev–Trinajstić information content (AvgIpc) is 3.47. The molecule has 1 unspecified atom stereocenters. The third kappa shape index (κ3) is 5.49. The van der Waals surface area contributed by atoms with E-state index < -0.39 is 12.8 Å².